The van der Waals surface area contributed by atoms with Gasteiger partial charge in [-0.05, 0) is 6.07 Å². The van der Waals surface area contributed by atoms with E-state index < -0.39 is 0 Å². The number of nitrogens with zero attached hydrogens (tertiary/aromatic N) is 1. The minimum atomic E-state index is 0. The Morgan fingerprint density at radius 2 is 2.10 bits per heavy atom. The molecule has 1 N–H and O–H groups in total. The van der Waals surface area contributed by atoms with Crippen molar-refractivity contribution in [2.45, 2.75) is 0 Å². The molecule has 0 saturated carbocycles. The summed E-state index contributed by atoms with van der Waals surface area (Å²) in [6.07, 6.45) is 0. The number of rotatable bonds is 0. The van der Waals surface area contributed by atoms with E-state index in [1.165, 1.54) is 6.07 Å². The van der Waals surface area contributed by atoms with Gasteiger partial charge in [0.1, 0.15) is 0 Å². The van der Waals surface area contributed by atoms with Crippen LogP contribution < -0.4 is 18.9 Å². The van der Waals surface area contributed by atoms with Gasteiger partial charge in [0.05, 0.1) is 11.6 Å². The molecule has 0 unspecified atom stereocenters. The van der Waals surface area contributed by atoms with Crippen molar-refractivity contribution in [3.8, 4) is 6.07 Å². The molecule has 1 rings (SSSR count). The summed E-state index contributed by atoms with van der Waals surface area (Å²) in [6, 6.07) is 8.49. The van der Waals surface area contributed by atoms with Gasteiger partial charge in [-0.3, -0.25) is 0 Å². The molecule has 0 spiro atoms. The fourth-order valence-electron chi connectivity index (χ4n) is 0.589. The largest absolute Gasteiger partial charge is 1.00 e. The summed E-state index contributed by atoms with van der Waals surface area (Å²) in [7, 11) is 0. The first-order valence-corrected chi connectivity index (χ1v) is 2.54. The zero-order chi connectivity index (χ0) is 6.69. The summed E-state index contributed by atoms with van der Waals surface area (Å²) in [5, 5.41) is 8.33. The summed E-state index contributed by atoms with van der Waals surface area (Å²) >= 11 is 0. The molecule has 2 nitrogen and oxygen atoms in total. The number of hydrogen-bond donors (Lipinski definition) is 0. The van der Waals surface area contributed by atoms with E-state index in [4.69, 9.17) is 11.0 Å². The molecular formula is C7H5LiN2. The number of nitriles is 1. The van der Waals surface area contributed by atoms with Crippen LogP contribution in [0.1, 0.15) is 5.56 Å². The van der Waals surface area contributed by atoms with Gasteiger partial charge < -0.3 is 5.73 Å². The number of benzene rings is 1. The van der Waals surface area contributed by atoms with E-state index in [1.54, 1.807) is 18.2 Å². The van der Waals surface area contributed by atoms with Crippen molar-refractivity contribution >= 4 is 5.69 Å². The molecule has 0 fully saturated rings. The summed E-state index contributed by atoms with van der Waals surface area (Å²) in [4.78, 5) is 0. The summed E-state index contributed by atoms with van der Waals surface area (Å²) in [6.45, 7) is 0. The molecule has 0 heterocycles. The second-order valence-corrected chi connectivity index (χ2v) is 1.69. The van der Waals surface area contributed by atoms with E-state index in [1.807, 2.05) is 6.07 Å². The topological polar surface area (TPSA) is 47.6 Å². The third-order valence-electron chi connectivity index (χ3n) is 0.992. The molecule has 1 aromatic carbocycles. The predicted octanol–water partition coefficient (Wildman–Crippen LogP) is -0.754. The van der Waals surface area contributed by atoms with Gasteiger partial charge in [0.2, 0.25) is 0 Å². The van der Waals surface area contributed by atoms with Crippen molar-refractivity contribution in [1.82, 2.24) is 0 Å². The Kier molecular flexibility index (Phi) is 3.65. The third-order valence-corrected chi connectivity index (χ3v) is 0.992. The molecule has 0 atom stereocenters. The molecular weight excluding hydrogens is 119 g/mol. The van der Waals surface area contributed by atoms with E-state index in [9.17, 15) is 0 Å². The SMILES string of the molecule is N#Cc1cccc([NH-])c1.[Li+]. The zero-order valence-corrected chi connectivity index (χ0v) is 5.76. The van der Waals surface area contributed by atoms with Crippen LogP contribution in [0.15, 0.2) is 24.3 Å². The maximum absolute atomic E-state index is 8.33. The van der Waals surface area contributed by atoms with Crippen molar-refractivity contribution in [3.05, 3.63) is 35.6 Å². The van der Waals surface area contributed by atoms with E-state index in [2.05, 4.69) is 0 Å². The second kappa shape index (κ2) is 4.01. The number of nitrogens with one attached hydrogen (secondary N) is 1. The van der Waals surface area contributed by atoms with Gasteiger partial charge in [0.15, 0.2) is 0 Å². The molecule has 0 aromatic heterocycles. The average molecular weight is 124 g/mol. The molecule has 0 bridgehead atoms. The van der Waals surface area contributed by atoms with Crippen LogP contribution in [-0.4, -0.2) is 0 Å². The molecule has 10 heavy (non-hydrogen) atoms. The molecule has 1 aromatic rings. The molecule has 0 saturated heterocycles. The summed E-state index contributed by atoms with van der Waals surface area (Å²) in [5.74, 6) is 0. The minimum absolute atomic E-state index is 0. The smallest absolute Gasteiger partial charge is 0.699 e. The first-order valence-electron chi connectivity index (χ1n) is 2.54. The van der Waals surface area contributed by atoms with Gasteiger partial charge in [-0.25, -0.2) is 0 Å². The van der Waals surface area contributed by atoms with Crippen LogP contribution in [0.4, 0.5) is 5.69 Å². The van der Waals surface area contributed by atoms with Crippen molar-refractivity contribution in [2.75, 3.05) is 0 Å². The van der Waals surface area contributed by atoms with Crippen LogP contribution in [0.3, 0.4) is 0 Å². The van der Waals surface area contributed by atoms with Gasteiger partial charge in [0.25, 0.3) is 0 Å². The van der Waals surface area contributed by atoms with Crippen molar-refractivity contribution in [1.29, 1.82) is 5.26 Å². The third kappa shape index (κ3) is 2.15. The van der Waals surface area contributed by atoms with E-state index >= 15 is 0 Å². The molecule has 0 amide bonds. The average Bonchev–Trinajstić information content (AvgIpc) is 1.88. The van der Waals surface area contributed by atoms with Gasteiger partial charge in [-0.2, -0.15) is 5.26 Å². The Morgan fingerprint density at radius 1 is 1.40 bits per heavy atom. The van der Waals surface area contributed by atoms with Crippen molar-refractivity contribution < 1.29 is 18.9 Å². The van der Waals surface area contributed by atoms with Gasteiger partial charge in [0, 0.05) is 0 Å². The van der Waals surface area contributed by atoms with Gasteiger partial charge >= 0.3 is 18.9 Å². The second-order valence-electron chi connectivity index (χ2n) is 1.69. The standard InChI is InChI=1S/C7H5N2.Li/c8-5-6-2-1-3-7(9)4-6;/h1-4,9H;/q-1;+1. The summed E-state index contributed by atoms with van der Waals surface area (Å²) in [5.41, 5.74) is 8.02. The Hall–Kier alpha value is -0.893. The molecule has 0 aliphatic heterocycles. The first-order chi connectivity index (χ1) is 4.33. The fourth-order valence-corrected chi connectivity index (χ4v) is 0.589. The Morgan fingerprint density at radius 3 is 2.50 bits per heavy atom. The molecule has 0 aliphatic carbocycles. The van der Waals surface area contributed by atoms with E-state index in [0.29, 0.717) is 11.3 Å². The minimum Gasteiger partial charge on any atom is -0.699 e. The van der Waals surface area contributed by atoms with Crippen LogP contribution in [0.25, 0.3) is 5.73 Å². The first kappa shape index (κ1) is 9.11. The Bertz CT molecular complexity index is 252. The quantitative estimate of drug-likeness (QED) is 0.419. The van der Waals surface area contributed by atoms with Crippen LogP contribution in [-0.2, 0) is 0 Å². The fraction of sp³-hybridized carbons (Fsp3) is 0. The molecule has 3 heteroatoms. The zero-order valence-electron chi connectivity index (χ0n) is 5.76. The summed E-state index contributed by atoms with van der Waals surface area (Å²) < 4.78 is 0. The van der Waals surface area contributed by atoms with Gasteiger partial charge in [-0.1, -0.05) is 18.2 Å². The van der Waals surface area contributed by atoms with Crippen molar-refractivity contribution in [3.63, 3.8) is 0 Å². The van der Waals surface area contributed by atoms with E-state index in [-0.39, 0.29) is 18.9 Å². The van der Waals surface area contributed by atoms with Crippen molar-refractivity contribution in [2.24, 2.45) is 0 Å². The maximum Gasteiger partial charge on any atom is 1.00 e. The van der Waals surface area contributed by atoms with Crippen LogP contribution >= 0.6 is 0 Å². The predicted molar refractivity (Wildman–Crippen MR) is 35.1 cm³/mol. The van der Waals surface area contributed by atoms with E-state index in [0.717, 1.165) is 0 Å². The van der Waals surface area contributed by atoms with Crippen LogP contribution in [0, 0.1) is 11.3 Å². The molecule has 44 valence electrons. The Balaban J connectivity index is 0.000000810. The van der Waals surface area contributed by atoms with Gasteiger partial charge in [-0.15, -0.1) is 5.69 Å². The number of hydrogen-bond acceptors (Lipinski definition) is 1. The maximum atomic E-state index is 8.33. The monoisotopic (exact) mass is 124 g/mol. The molecule has 0 aliphatic rings. The van der Waals surface area contributed by atoms with Crippen LogP contribution in [0.5, 0.6) is 0 Å². The molecule has 0 radical (unpaired) electrons. The van der Waals surface area contributed by atoms with Crippen LogP contribution in [0.2, 0.25) is 0 Å². The Labute approximate surface area is 71.8 Å². The normalized spacial score (nSPS) is 7.50.